The number of aromatic nitrogens is 2. The van der Waals surface area contributed by atoms with Crippen molar-refractivity contribution in [1.29, 1.82) is 0 Å². The summed E-state index contributed by atoms with van der Waals surface area (Å²) in [7, 11) is 1.90. The summed E-state index contributed by atoms with van der Waals surface area (Å²) in [5.74, 6) is 0. The first-order chi connectivity index (χ1) is 9.45. The number of rotatable bonds is 4. The minimum Gasteiger partial charge on any atom is -0.308 e. The molecular formula is C14H16BrCl2N3. The van der Waals surface area contributed by atoms with E-state index in [0.717, 1.165) is 15.7 Å². The van der Waals surface area contributed by atoms with Crippen molar-refractivity contribution in [3.63, 3.8) is 0 Å². The first kappa shape index (κ1) is 15.8. The van der Waals surface area contributed by atoms with Crippen LogP contribution in [0.3, 0.4) is 0 Å². The van der Waals surface area contributed by atoms with Gasteiger partial charge < -0.3 is 5.32 Å². The molecule has 0 aliphatic heterocycles. The summed E-state index contributed by atoms with van der Waals surface area (Å²) in [5, 5.41) is 8.96. The van der Waals surface area contributed by atoms with E-state index in [4.69, 9.17) is 23.2 Å². The highest BCUT2D eigenvalue weighted by Gasteiger charge is 2.22. The molecule has 2 aromatic rings. The molecule has 0 spiro atoms. The van der Waals surface area contributed by atoms with Crippen molar-refractivity contribution in [2.24, 2.45) is 0 Å². The van der Waals surface area contributed by atoms with E-state index < -0.39 is 0 Å². The average Bonchev–Trinajstić information content (AvgIpc) is 2.77. The first-order valence-electron chi connectivity index (χ1n) is 6.30. The van der Waals surface area contributed by atoms with E-state index in [1.54, 1.807) is 6.20 Å². The quantitative estimate of drug-likeness (QED) is 0.827. The molecule has 1 N–H and O–H groups in total. The zero-order valence-corrected chi connectivity index (χ0v) is 14.6. The largest absolute Gasteiger partial charge is 0.308 e. The van der Waals surface area contributed by atoms with Crippen LogP contribution in [0.4, 0.5) is 0 Å². The van der Waals surface area contributed by atoms with Crippen LogP contribution in [0.2, 0.25) is 10.0 Å². The Bertz CT molecular complexity index is 610. The average molecular weight is 377 g/mol. The highest BCUT2D eigenvalue weighted by molar-refractivity contribution is 9.10. The van der Waals surface area contributed by atoms with E-state index in [0.29, 0.717) is 10.0 Å². The third kappa shape index (κ3) is 3.03. The lowest BCUT2D eigenvalue weighted by Gasteiger charge is -2.21. The standard InChI is InChI=1S/C14H16BrCl2N3/c1-8(2)20-14(12(17)7-19-20)13(18-3)9-4-5-10(15)11(16)6-9/h4-8,13,18H,1-3H3. The van der Waals surface area contributed by atoms with E-state index in [-0.39, 0.29) is 12.1 Å². The summed E-state index contributed by atoms with van der Waals surface area (Å²) in [6.45, 7) is 4.15. The molecule has 0 radical (unpaired) electrons. The summed E-state index contributed by atoms with van der Waals surface area (Å²) in [5.41, 5.74) is 1.99. The molecule has 6 heteroatoms. The number of nitrogens with zero attached hydrogens (tertiary/aromatic N) is 2. The maximum atomic E-state index is 6.32. The van der Waals surface area contributed by atoms with Gasteiger partial charge in [0.15, 0.2) is 0 Å². The minimum atomic E-state index is -0.0574. The van der Waals surface area contributed by atoms with E-state index in [1.807, 2.05) is 29.9 Å². The van der Waals surface area contributed by atoms with E-state index in [9.17, 15) is 0 Å². The van der Waals surface area contributed by atoms with Gasteiger partial charge in [-0.2, -0.15) is 5.10 Å². The highest BCUT2D eigenvalue weighted by Crippen LogP contribution is 2.33. The zero-order valence-electron chi connectivity index (χ0n) is 11.5. The van der Waals surface area contributed by atoms with Gasteiger partial charge in [-0.05, 0) is 54.5 Å². The van der Waals surface area contributed by atoms with Crippen molar-refractivity contribution >= 4 is 39.1 Å². The summed E-state index contributed by atoms with van der Waals surface area (Å²) in [4.78, 5) is 0. The second kappa shape index (κ2) is 6.48. The van der Waals surface area contributed by atoms with Gasteiger partial charge in [0.25, 0.3) is 0 Å². The Hall–Kier alpha value is -0.550. The molecule has 0 bridgehead atoms. The molecule has 0 aliphatic carbocycles. The number of hydrogen-bond acceptors (Lipinski definition) is 2. The zero-order chi connectivity index (χ0) is 14.9. The predicted octanol–water partition coefficient (Wildman–Crippen LogP) is 4.84. The van der Waals surface area contributed by atoms with E-state index in [1.165, 1.54) is 0 Å². The van der Waals surface area contributed by atoms with Gasteiger partial charge in [0, 0.05) is 10.5 Å². The third-order valence-corrected chi connectivity index (χ3v) is 4.64. The molecule has 1 atom stereocenters. The normalized spacial score (nSPS) is 12.9. The van der Waals surface area contributed by atoms with Crippen molar-refractivity contribution in [2.75, 3.05) is 7.05 Å². The fourth-order valence-electron chi connectivity index (χ4n) is 2.19. The molecule has 0 aliphatic rings. The SMILES string of the molecule is CNC(c1ccc(Br)c(Cl)c1)c1c(Cl)cnn1C(C)C. The molecule has 1 aromatic carbocycles. The lowest BCUT2D eigenvalue weighted by Crippen LogP contribution is -2.22. The molecule has 3 nitrogen and oxygen atoms in total. The van der Waals surface area contributed by atoms with E-state index in [2.05, 4.69) is 40.2 Å². The van der Waals surface area contributed by atoms with Gasteiger partial charge in [-0.3, -0.25) is 4.68 Å². The topological polar surface area (TPSA) is 29.9 Å². The molecule has 0 fully saturated rings. The number of benzene rings is 1. The Morgan fingerprint density at radius 2 is 1.95 bits per heavy atom. The highest BCUT2D eigenvalue weighted by atomic mass is 79.9. The van der Waals surface area contributed by atoms with Crippen LogP contribution in [0.1, 0.15) is 37.2 Å². The minimum absolute atomic E-state index is 0.0574. The van der Waals surface area contributed by atoms with Crippen LogP contribution in [-0.4, -0.2) is 16.8 Å². The van der Waals surface area contributed by atoms with Crippen molar-refractivity contribution in [2.45, 2.75) is 25.9 Å². The van der Waals surface area contributed by atoms with Crippen LogP contribution in [0.15, 0.2) is 28.9 Å². The molecule has 20 heavy (non-hydrogen) atoms. The van der Waals surface area contributed by atoms with Crippen molar-refractivity contribution in [3.8, 4) is 0 Å². The molecule has 0 amide bonds. The van der Waals surface area contributed by atoms with Gasteiger partial charge in [-0.15, -0.1) is 0 Å². The first-order valence-corrected chi connectivity index (χ1v) is 7.85. The molecule has 1 aromatic heterocycles. The Morgan fingerprint density at radius 3 is 2.50 bits per heavy atom. The summed E-state index contributed by atoms with van der Waals surface area (Å²) < 4.78 is 2.81. The van der Waals surface area contributed by atoms with Gasteiger partial charge in [-0.1, -0.05) is 29.3 Å². The Balaban J connectivity index is 2.52. The van der Waals surface area contributed by atoms with Gasteiger partial charge in [0.1, 0.15) is 0 Å². The van der Waals surface area contributed by atoms with Crippen LogP contribution < -0.4 is 5.32 Å². The Kier molecular flexibility index (Phi) is 5.13. The summed E-state index contributed by atoms with van der Waals surface area (Å²) in [6.07, 6.45) is 1.68. The fraction of sp³-hybridized carbons (Fsp3) is 0.357. The van der Waals surface area contributed by atoms with Crippen LogP contribution >= 0.6 is 39.1 Å². The smallest absolute Gasteiger partial charge is 0.0837 e. The summed E-state index contributed by atoms with van der Waals surface area (Å²) >= 11 is 15.9. The fourth-order valence-corrected chi connectivity index (χ4v) is 2.86. The lowest BCUT2D eigenvalue weighted by molar-refractivity contribution is 0.484. The van der Waals surface area contributed by atoms with Crippen molar-refractivity contribution in [1.82, 2.24) is 15.1 Å². The number of halogens is 3. The maximum Gasteiger partial charge on any atom is 0.0837 e. The van der Waals surface area contributed by atoms with Gasteiger partial charge >= 0.3 is 0 Å². The molecule has 1 unspecified atom stereocenters. The summed E-state index contributed by atoms with van der Waals surface area (Å²) in [6, 6.07) is 6.06. The maximum absolute atomic E-state index is 6.32. The Morgan fingerprint density at radius 1 is 1.25 bits per heavy atom. The monoisotopic (exact) mass is 375 g/mol. The van der Waals surface area contributed by atoms with E-state index >= 15 is 0 Å². The van der Waals surface area contributed by atoms with Crippen LogP contribution in [-0.2, 0) is 0 Å². The third-order valence-electron chi connectivity index (χ3n) is 3.12. The molecule has 108 valence electrons. The molecule has 0 saturated carbocycles. The van der Waals surface area contributed by atoms with Crippen LogP contribution in [0.5, 0.6) is 0 Å². The van der Waals surface area contributed by atoms with Crippen LogP contribution in [0, 0.1) is 0 Å². The van der Waals surface area contributed by atoms with Crippen molar-refractivity contribution < 1.29 is 0 Å². The van der Waals surface area contributed by atoms with Crippen LogP contribution in [0.25, 0.3) is 0 Å². The predicted molar refractivity (Wildman–Crippen MR) is 87.7 cm³/mol. The molecule has 1 heterocycles. The number of hydrogen-bond donors (Lipinski definition) is 1. The second-order valence-corrected chi connectivity index (χ2v) is 6.48. The van der Waals surface area contributed by atoms with Gasteiger partial charge in [-0.25, -0.2) is 0 Å². The van der Waals surface area contributed by atoms with Crippen molar-refractivity contribution in [3.05, 3.63) is 50.2 Å². The molecule has 0 saturated heterocycles. The second-order valence-electron chi connectivity index (χ2n) is 4.81. The molecular weight excluding hydrogens is 361 g/mol. The van der Waals surface area contributed by atoms with Gasteiger partial charge in [0.05, 0.1) is 28.0 Å². The number of nitrogens with one attached hydrogen (secondary N) is 1. The lowest BCUT2D eigenvalue weighted by atomic mass is 10.0. The van der Waals surface area contributed by atoms with Gasteiger partial charge in [0.2, 0.25) is 0 Å². The molecule has 2 rings (SSSR count). The Labute approximate surface area is 137 Å².